The summed E-state index contributed by atoms with van der Waals surface area (Å²) in [4.78, 5) is 22.9. The Kier molecular flexibility index (Phi) is 10.1. The molecule has 11 nitrogen and oxygen atoms in total. The van der Waals surface area contributed by atoms with E-state index >= 15 is 0 Å². The molecular weight excluding hydrogens is 443 g/mol. The summed E-state index contributed by atoms with van der Waals surface area (Å²) < 4.78 is 33.0. The number of rotatable bonds is 8. The number of carbonyl (C=O) groups excluding carboxylic acids is 2. The number of amides is 1. The molecule has 5 N–H and O–H groups in total. The minimum atomic E-state index is -4.18. The van der Waals surface area contributed by atoms with Gasteiger partial charge in [0.25, 0.3) is 0 Å². The maximum Gasteiger partial charge on any atom is 1.00 e. The molecule has 1 heterocycles. The van der Waals surface area contributed by atoms with Gasteiger partial charge in [-0.05, 0) is 25.1 Å². The molecule has 1 amide bonds. The predicted molar refractivity (Wildman–Crippen MR) is 100.0 cm³/mol. The summed E-state index contributed by atoms with van der Waals surface area (Å²) in [7, 11) is -4.18. The van der Waals surface area contributed by atoms with Crippen LogP contribution in [0, 0.1) is 6.92 Å². The third-order valence-corrected chi connectivity index (χ3v) is 5.92. The van der Waals surface area contributed by atoms with E-state index in [0.717, 1.165) is 18.6 Å². The minimum absolute atomic E-state index is 0. The van der Waals surface area contributed by atoms with Crippen LogP contribution in [-0.2, 0) is 24.3 Å². The van der Waals surface area contributed by atoms with Gasteiger partial charge >= 0.3 is 29.6 Å². The number of ether oxygens (including phenoxy) is 1. The molecule has 0 fully saturated rings. The second-order valence-electron chi connectivity index (χ2n) is 6.83. The SMILES string of the molecule is CC(=O)N[C@H]1[C@H]([C@H](O)[C@H](O)CO)OC(C(=O)[O-])=C[C@@H]1NS(=O)(=O)c1ccc(C)cc1.[Na+]. The van der Waals surface area contributed by atoms with Crippen molar-refractivity contribution in [1.82, 2.24) is 10.0 Å². The fourth-order valence-corrected chi connectivity index (χ4v) is 4.14. The average Bonchev–Trinajstić information content (AvgIpc) is 2.67. The zero-order valence-electron chi connectivity index (χ0n) is 17.2. The molecule has 13 heteroatoms. The first-order valence-electron chi connectivity index (χ1n) is 8.89. The summed E-state index contributed by atoms with van der Waals surface area (Å²) in [6, 6.07) is 3.12. The molecule has 0 bridgehead atoms. The molecule has 31 heavy (non-hydrogen) atoms. The zero-order valence-corrected chi connectivity index (χ0v) is 20.0. The van der Waals surface area contributed by atoms with Crippen LogP contribution in [0.25, 0.3) is 0 Å². The Balaban J connectivity index is 0.00000480. The van der Waals surface area contributed by atoms with Crippen molar-refractivity contribution in [3.05, 3.63) is 41.7 Å². The first-order valence-corrected chi connectivity index (χ1v) is 10.4. The molecule has 1 aromatic carbocycles. The Labute approximate surface area is 201 Å². The molecule has 166 valence electrons. The van der Waals surface area contributed by atoms with Gasteiger partial charge in [-0.3, -0.25) is 4.79 Å². The summed E-state index contributed by atoms with van der Waals surface area (Å²) in [6.45, 7) is 2.00. The Bertz CT molecular complexity index is 920. The molecule has 0 unspecified atom stereocenters. The molecule has 0 spiro atoms. The standard InChI is InChI=1S/C18H24N2O9S.Na/c1-9-3-5-11(6-4-9)30(27,28)20-12-7-14(18(25)26)29-17(15(12)19-10(2)22)16(24)13(23)8-21;/h3-7,12-13,15-17,20-21,23-24H,8H2,1-2H3,(H,19,22)(H,25,26);/q;+1/p-1/t12-,13+,15+,16+,17+;/m0./s1. The van der Waals surface area contributed by atoms with Crippen LogP contribution in [-0.4, -0.2) is 72.6 Å². The van der Waals surface area contributed by atoms with Crippen molar-refractivity contribution in [1.29, 1.82) is 0 Å². The molecule has 1 aliphatic rings. The van der Waals surface area contributed by atoms with Gasteiger partial charge in [-0.15, -0.1) is 0 Å². The van der Waals surface area contributed by atoms with Crippen LogP contribution in [0.4, 0.5) is 0 Å². The number of nitrogens with one attached hydrogen (secondary N) is 2. The monoisotopic (exact) mass is 466 g/mol. The normalized spacial score (nSPS) is 22.9. The first kappa shape index (κ1) is 27.5. The van der Waals surface area contributed by atoms with Gasteiger partial charge in [0.2, 0.25) is 15.9 Å². The number of carboxylic acid groups (broad SMARTS) is 1. The largest absolute Gasteiger partial charge is 1.00 e. The van der Waals surface area contributed by atoms with Crippen molar-refractivity contribution in [2.75, 3.05) is 6.61 Å². The van der Waals surface area contributed by atoms with Gasteiger partial charge in [0.15, 0.2) is 0 Å². The number of aryl methyl sites for hydroxylation is 1. The number of carbonyl (C=O) groups is 2. The molecule has 0 radical (unpaired) electrons. The number of aliphatic carboxylic acids is 1. The summed E-state index contributed by atoms with van der Waals surface area (Å²) in [5.41, 5.74) is 0.816. The van der Waals surface area contributed by atoms with Crippen LogP contribution in [0.3, 0.4) is 0 Å². The van der Waals surface area contributed by atoms with Crippen molar-refractivity contribution in [3.8, 4) is 0 Å². The van der Waals surface area contributed by atoms with Gasteiger partial charge in [0.1, 0.15) is 30.0 Å². The van der Waals surface area contributed by atoms with E-state index in [1.807, 2.05) is 0 Å². The van der Waals surface area contributed by atoms with Gasteiger partial charge in [-0.2, -0.15) is 0 Å². The van der Waals surface area contributed by atoms with E-state index in [1.54, 1.807) is 19.1 Å². The molecule has 0 aromatic heterocycles. The number of carboxylic acids is 1. The quantitative estimate of drug-likeness (QED) is 0.233. The van der Waals surface area contributed by atoms with E-state index in [-0.39, 0.29) is 34.5 Å². The predicted octanol–water partition coefficient (Wildman–Crippen LogP) is -6.10. The minimum Gasteiger partial charge on any atom is -0.542 e. The van der Waals surface area contributed by atoms with Gasteiger partial charge in [-0.25, -0.2) is 13.1 Å². The maximum absolute atomic E-state index is 12.8. The van der Waals surface area contributed by atoms with Crippen LogP contribution in [0.1, 0.15) is 12.5 Å². The van der Waals surface area contributed by atoms with E-state index in [2.05, 4.69) is 10.0 Å². The van der Waals surface area contributed by atoms with Gasteiger partial charge in [0, 0.05) is 6.92 Å². The third kappa shape index (κ3) is 6.99. The summed E-state index contributed by atoms with van der Waals surface area (Å²) in [5.74, 6) is -3.24. The van der Waals surface area contributed by atoms with Crippen LogP contribution in [0.2, 0.25) is 0 Å². The van der Waals surface area contributed by atoms with Crippen LogP contribution >= 0.6 is 0 Å². The van der Waals surface area contributed by atoms with Crippen LogP contribution in [0.15, 0.2) is 41.0 Å². The molecule has 0 saturated heterocycles. The zero-order chi connectivity index (χ0) is 22.6. The maximum atomic E-state index is 12.8. The molecule has 0 saturated carbocycles. The second-order valence-corrected chi connectivity index (χ2v) is 8.54. The van der Waals surface area contributed by atoms with Crippen molar-refractivity contribution in [3.63, 3.8) is 0 Å². The van der Waals surface area contributed by atoms with Crippen molar-refractivity contribution >= 4 is 21.9 Å². The Morgan fingerprint density at radius 2 is 1.81 bits per heavy atom. The second kappa shape index (κ2) is 11.4. The number of aliphatic hydroxyl groups excluding tert-OH is 3. The van der Waals surface area contributed by atoms with Crippen LogP contribution in [0.5, 0.6) is 0 Å². The fraction of sp³-hybridized carbons (Fsp3) is 0.444. The molecule has 0 aliphatic carbocycles. The number of hydrogen-bond acceptors (Lipinski definition) is 9. The Morgan fingerprint density at radius 3 is 2.29 bits per heavy atom. The fourth-order valence-electron chi connectivity index (χ4n) is 2.93. The molecule has 2 rings (SSSR count). The van der Waals surface area contributed by atoms with Gasteiger partial charge in [0.05, 0.1) is 23.6 Å². The number of aliphatic hydroxyl groups is 3. The Morgan fingerprint density at radius 1 is 1.23 bits per heavy atom. The average molecular weight is 466 g/mol. The first-order chi connectivity index (χ1) is 14.0. The van der Waals surface area contributed by atoms with E-state index < -0.39 is 64.7 Å². The topological polar surface area (TPSA) is 185 Å². The Hall–Kier alpha value is -1.51. The van der Waals surface area contributed by atoms with Gasteiger partial charge < -0.3 is 35.3 Å². The van der Waals surface area contributed by atoms with Crippen LogP contribution < -0.4 is 44.7 Å². The van der Waals surface area contributed by atoms with E-state index in [0.29, 0.717) is 0 Å². The molecule has 1 aromatic rings. The number of hydrogen-bond donors (Lipinski definition) is 5. The number of sulfonamides is 1. The summed E-state index contributed by atoms with van der Waals surface area (Å²) >= 11 is 0. The van der Waals surface area contributed by atoms with E-state index in [9.17, 15) is 33.3 Å². The van der Waals surface area contributed by atoms with Gasteiger partial charge in [-0.1, -0.05) is 17.7 Å². The van der Waals surface area contributed by atoms with Crippen molar-refractivity contribution in [2.24, 2.45) is 0 Å². The smallest absolute Gasteiger partial charge is 0.542 e. The van der Waals surface area contributed by atoms with Crippen molar-refractivity contribution in [2.45, 2.75) is 49.1 Å². The van der Waals surface area contributed by atoms with E-state index in [4.69, 9.17) is 9.84 Å². The van der Waals surface area contributed by atoms with Crippen molar-refractivity contribution < 1.29 is 72.7 Å². The number of benzene rings is 1. The van der Waals surface area contributed by atoms with E-state index in [1.165, 1.54) is 12.1 Å². The summed E-state index contributed by atoms with van der Waals surface area (Å²) in [5, 5.41) is 42.9. The third-order valence-electron chi connectivity index (χ3n) is 4.45. The molecular formula is C18H23N2NaO9S. The molecule has 1 aliphatic heterocycles. The summed E-state index contributed by atoms with van der Waals surface area (Å²) in [6.07, 6.45) is -4.33. The molecule has 5 atom stereocenters.